The van der Waals surface area contributed by atoms with Crippen molar-refractivity contribution in [2.45, 2.75) is 64.1 Å². The Morgan fingerprint density at radius 1 is 0.920 bits per heavy atom. The number of fused-ring (bicyclic) bond motifs is 2. The van der Waals surface area contributed by atoms with Gasteiger partial charge in [0.2, 0.25) is 17.7 Å². The Balaban J connectivity index is 1.60. The first kappa shape index (κ1) is 37.4. The van der Waals surface area contributed by atoms with Crippen LogP contribution in [0.1, 0.15) is 54.6 Å². The van der Waals surface area contributed by atoms with E-state index in [0.717, 1.165) is 11.1 Å². The van der Waals surface area contributed by atoms with Gasteiger partial charge in [-0.2, -0.15) is 0 Å². The molecule has 3 aromatic rings. The molecule has 3 atom stereocenters. The second-order valence-electron chi connectivity index (χ2n) is 12.4. The third-order valence-electron chi connectivity index (χ3n) is 8.25. The molecule has 1 aromatic heterocycles. The zero-order valence-electron chi connectivity index (χ0n) is 28.7. The average Bonchev–Trinajstić information content (AvgIpc) is 3.12. The number of benzene rings is 2. The van der Waals surface area contributed by atoms with Gasteiger partial charge in [-0.25, -0.2) is 0 Å². The monoisotopic (exact) mass is 686 g/mol. The molecule has 13 heteroatoms. The quantitative estimate of drug-likeness (QED) is 0.262. The fourth-order valence-electron chi connectivity index (χ4n) is 5.47. The molecule has 266 valence electrons. The summed E-state index contributed by atoms with van der Waals surface area (Å²) in [5, 5.41) is 14.2. The topological polar surface area (TPSA) is 177 Å². The van der Waals surface area contributed by atoms with E-state index >= 15 is 0 Å². The summed E-state index contributed by atoms with van der Waals surface area (Å²) < 4.78 is 11.2. The Hall–Kier alpha value is -5.46. The standard InChI is InChI=1S/C37H46N6O7/c1-24(2)33-37(48)40-18-7-11-26-13-14-30(49-3)31(22-26)50-23-32(44)39-17-8-12-28(41-34(45)27-15-19-38-20-16-27)35(46)42-29(36(47)43-33)21-25-9-5-4-6-10-25/h4-6,9-10,13-16,19-20,22,24,28-29,33H,7-8,11-12,17-18,21,23H2,1-3H3,(H,39,44)(H,40,48)(H,41,45)(H,42,46)(H,43,47)/t28-,29-,33+/m0/s1. The van der Waals surface area contributed by atoms with Crippen LogP contribution in [-0.2, 0) is 32.0 Å². The molecule has 5 amide bonds. The number of hydrogen-bond acceptors (Lipinski definition) is 8. The lowest BCUT2D eigenvalue weighted by Gasteiger charge is -2.27. The van der Waals surface area contributed by atoms with Crippen LogP contribution in [-0.4, -0.2) is 79.5 Å². The summed E-state index contributed by atoms with van der Waals surface area (Å²) in [7, 11) is 1.51. The maximum absolute atomic E-state index is 13.8. The molecule has 0 aliphatic carbocycles. The van der Waals surface area contributed by atoms with Gasteiger partial charge in [-0.15, -0.1) is 0 Å². The molecule has 4 rings (SSSR count). The van der Waals surface area contributed by atoms with Crippen molar-refractivity contribution in [2.24, 2.45) is 5.92 Å². The van der Waals surface area contributed by atoms with Gasteiger partial charge >= 0.3 is 0 Å². The van der Waals surface area contributed by atoms with E-state index in [-0.39, 0.29) is 43.7 Å². The van der Waals surface area contributed by atoms with Crippen LogP contribution in [0.3, 0.4) is 0 Å². The molecule has 0 radical (unpaired) electrons. The van der Waals surface area contributed by atoms with Crippen LogP contribution in [0.15, 0.2) is 73.1 Å². The molecule has 5 N–H and O–H groups in total. The number of amides is 5. The van der Waals surface area contributed by atoms with E-state index in [2.05, 4.69) is 31.6 Å². The molecule has 0 fully saturated rings. The molecule has 2 bridgehead atoms. The van der Waals surface area contributed by atoms with Crippen molar-refractivity contribution < 1.29 is 33.4 Å². The highest BCUT2D eigenvalue weighted by Gasteiger charge is 2.31. The molecule has 1 aliphatic heterocycles. The number of carbonyl (C=O) groups excluding carboxylic acids is 5. The van der Waals surface area contributed by atoms with Crippen molar-refractivity contribution in [2.75, 3.05) is 26.8 Å². The highest BCUT2D eigenvalue weighted by Crippen LogP contribution is 2.28. The maximum atomic E-state index is 13.8. The van der Waals surface area contributed by atoms with E-state index in [1.165, 1.54) is 31.6 Å². The van der Waals surface area contributed by atoms with Crippen LogP contribution in [0.25, 0.3) is 0 Å². The lowest BCUT2D eigenvalue weighted by Crippen LogP contribution is -2.58. The number of aromatic nitrogens is 1. The summed E-state index contributed by atoms with van der Waals surface area (Å²) in [6.45, 7) is 3.97. The summed E-state index contributed by atoms with van der Waals surface area (Å²) in [6.07, 6.45) is 4.79. The van der Waals surface area contributed by atoms with Crippen LogP contribution < -0.4 is 36.1 Å². The van der Waals surface area contributed by atoms with Crippen molar-refractivity contribution in [3.63, 3.8) is 0 Å². The fourth-order valence-corrected chi connectivity index (χ4v) is 5.47. The summed E-state index contributed by atoms with van der Waals surface area (Å²) in [4.78, 5) is 70.8. The van der Waals surface area contributed by atoms with Crippen molar-refractivity contribution in [1.82, 2.24) is 31.6 Å². The van der Waals surface area contributed by atoms with Crippen LogP contribution in [0, 0.1) is 5.92 Å². The van der Waals surface area contributed by atoms with E-state index in [1.54, 1.807) is 12.1 Å². The van der Waals surface area contributed by atoms with Crippen LogP contribution in [0.4, 0.5) is 0 Å². The highest BCUT2D eigenvalue weighted by molar-refractivity contribution is 5.98. The van der Waals surface area contributed by atoms with Gasteiger partial charge in [-0.05, 0) is 67.0 Å². The lowest BCUT2D eigenvalue weighted by molar-refractivity contribution is -0.133. The first-order valence-electron chi connectivity index (χ1n) is 16.8. The van der Waals surface area contributed by atoms with Gasteiger partial charge < -0.3 is 36.1 Å². The predicted octanol–water partition coefficient (Wildman–Crippen LogP) is 2.09. The number of ether oxygens (including phenoxy) is 2. The van der Waals surface area contributed by atoms with Crippen LogP contribution in [0.2, 0.25) is 0 Å². The Morgan fingerprint density at radius 2 is 1.66 bits per heavy atom. The molecule has 50 heavy (non-hydrogen) atoms. The number of nitrogens with zero attached hydrogens (tertiary/aromatic N) is 1. The minimum atomic E-state index is -1.06. The number of methoxy groups -OCH3 is 1. The van der Waals surface area contributed by atoms with E-state index < -0.39 is 35.8 Å². The summed E-state index contributed by atoms with van der Waals surface area (Å²) in [5.41, 5.74) is 2.04. The van der Waals surface area contributed by atoms with Gasteiger partial charge in [0.1, 0.15) is 18.1 Å². The largest absolute Gasteiger partial charge is 0.493 e. The van der Waals surface area contributed by atoms with Gasteiger partial charge in [0, 0.05) is 37.5 Å². The number of rotatable bonds is 6. The van der Waals surface area contributed by atoms with E-state index in [4.69, 9.17) is 9.47 Å². The summed E-state index contributed by atoms with van der Waals surface area (Å²) in [6, 6.07) is 14.7. The Labute approximate surface area is 292 Å². The third kappa shape index (κ3) is 11.3. The normalized spacial score (nSPS) is 20.0. The van der Waals surface area contributed by atoms with E-state index in [0.29, 0.717) is 42.9 Å². The molecule has 0 saturated heterocycles. The fraction of sp³-hybridized carbons (Fsp3) is 0.405. The van der Waals surface area contributed by atoms with Crippen molar-refractivity contribution >= 4 is 29.5 Å². The predicted molar refractivity (Wildman–Crippen MR) is 186 cm³/mol. The zero-order chi connectivity index (χ0) is 35.9. The second-order valence-corrected chi connectivity index (χ2v) is 12.4. The van der Waals surface area contributed by atoms with E-state index in [9.17, 15) is 24.0 Å². The number of nitrogens with one attached hydrogen (secondary N) is 5. The third-order valence-corrected chi connectivity index (χ3v) is 8.25. The summed E-state index contributed by atoms with van der Waals surface area (Å²) >= 11 is 0. The van der Waals surface area contributed by atoms with E-state index in [1.807, 2.05) is 50.2 Å². The number of pyridine rings is 1. The lowest BCUT2D eigenvalue weighted by atomic mass is 10.00. The molecule has 1 aliphatic rings. The van der Waals surface area contributed by atoms with Gasteiger partial charge in [0.25, 0.3) is 11.8 Å². The molecule has 0 unspecified atom stereocenters. The molecule has 2 aromatic carbocycles. The van der Waals surface area contributed by atoms with Crippen LogP contribution >= 0.6 is 0 Å². The highest BCUT2D eigenvalue weighted by atomic mass is 16.5. The number of carbonyl (C=O) groups is 5. The van der Waals surface area contributed by atoms with Gasteiger partial charge in [-0.1, -0.05) is 50.2 Å². The number of hydrogen-bond donors (Lipinski definition) is 5. The summed E-state index contributed by atoms with van der Waals surface area (Å²) in [5.74, 6) is -1.69. The Morgan fingerprint density at radius 3 is 2.38 bits per heavy atom. The van der Waals surface area contributed by atoms with Crippen molar-refractivity contribution in [3.05, 3.63) is 89.7 Å². The average molecular weight is 687 g/mol. The Bertz CT molecular complexity index is 1600. The van der Waals surface area contributed by atoms with Crippen LogP contribution in [0.5, 0.6) is 11.5 Å². The van der Waals surface area contributed by atoms with Crippen molar-refractivity contribution in [3.8, 4) is 11.5 Å². The number of aryl methyl sites for hydroxylation is 1. The van der Waals surface area contributed by atoms with Crippen molar-refractivity contribution in [1.29, 1.82) is 0 Å². The smallest absolute Gasteiger partial charge is 0.257 e. The molecular formula is C37H46N6O7. The Kier molecular flexibility index (Phi) is 14.1. The zero-order valence-corrected chi connectivity index (χ0v) is 28.7. The maximum Gasteiger partial charge on any atom is 0.257 e. The van der Waals surface area contributed by atoms with Gasteiger partial charge in [-0.3, -0.25) is 29.0 Å². The second kappa shape index (κ2) is 18.9. The minimum Gasteiger partial charge on any atom is -0.493 e. The van der Waals surface area contributed by atoms with Gasteiger partial charge in [0.15, 0.2) is 18.1 Å². The van der Waals surface area contributed by atoms with Gasteiger partial charge in [0.05, 0.1) is 7.11 Å². The molecule has 0 spiro atoms. The molecular weight excluding hydrogens is 640 g/mol. The first-order valence-corrected chi connectivity index (χ1v) is 16.8. The minimum absolute atomic E-state index is 0.149. The molecule has 0 saturated carbocycles. The first-order chi connectivity index (χ1) is 24.1. The SMILES string of the molecule is COc1ccc2cc1OCC(=O)NCCC[C@H](NC(=O)c1ccncc1)C(=O)N[C@@H](Cc1ccccc1)C(=O)N[C@H](C(C)C)C(=O)NCCC2. The molecule has 13 nitrogen and oxygen atoms in total. The molecule has 2 heterocycles.